The van der Waals surface area contributed by atoms with E-state index in [1.165, 1.54) is 6.92 Å². The normalized spacial score (nSPS) is 24.3. The zero-order valence-electron chi connectivity index (χ0n) is 19.0. The number of esters is 4. The summed E-state index contributed by atoms with van der Waals surface area (Å²) in [4.78, 5) is 46.8. The van der Waals surface area contributed by atoms with Crippen molar-refractivity contribution >= 4 is 23.9 Å². The van der Waals surface area contributed by atoms with Crippen molar-refractivity contribution in [2.45, 2.75) is 64.8 Å². The van der Waals surface area contributed by atoms with Gasteiger partial charge in [-0.15, -0.1) is 0 Å². The van der Waals surface area contributed by atoms with Crippen LogP contribution >= 0.6 is 0 Å². The van der Waals surface area contributed by atoms with E-state index < -0.39 is 54.6 Å². The van der Waals surface area contributed by atoms with Crippen LogP contribution in [0.5, 0.6) is 5.75 Å². The lowest BCUT2D eigenvalue weighted by molar-refractivity contribution is -0.288. The third-order valence-electron chi connectivity index (χ3n) is 4.56. The van der Waals surface area contributed by atoms with Crippen molar-refractivity contribution in [2.75, 3.05) is 13.2 Å². The highest BCUT2D eigenvalue weighted by Gasteiger charge is 2.53. The molecule has 182 valence electrons. The third-order valence-corrected chi connectivity index (χ3v) is 4.56. The number of benzene rings is 1. The summed E-state index contributed by atoms with van der Waals surface area (Å²) in [5.74, 6) is -2.35. The molecule has 5 atom stereocenters. The van der Waals surface area contributed by atoms with E-state index in [4.69, 9.17) is 34.2 Å². The molecule has 0 aromatic heterocycles. The molecule has 1 fully saturated rings. The van der Waals surface area contributed by atoms with Crippen molar-refractivity contribution in [1.29, 1.82) is 0 Å². The Balaban J connectivity index is 2.40. The zero-order chi connectivity index (χ0) is 24.5. The first-order valence-electron chi connectivity index (χ1n) is 10.4. The van der Waals surface area contributed by atoms with Gasteiger partial charge in [0, 0.05) is 27.7 Å². The highest BCUT2D eigenvalue weighted by Crippen LogP contribution is 2.31. The van der Waals surface area contributed by atoms with Crippen molar-refractivity contribution < 1.29 is 47.6 Å². The highest BCUT2D eigenvalue weighted by molar-refractivity contribution is 5.68. The van der Waals surface area contributed by atoms with Crippen LogP contribution in [0.25, 0.3) is 0 Å². The minimum atomic E-state index is -1.29. The van der Waals surface area contributed by atoms with Crippen LogP contribution in [0.3, 0.4) is 0 Å². The Labute approximate surface area is 191 Å². The molecule has 1 aliphatic heterocycles. The smallest absolute Gasteiger partial charge is 0.303 e. The molecule has 1 aromatic rings. The van der Waals surface area contributed by atoms with Gasteiger partial charge in [0.1, 0.15) is 18.5 Å². The minimum Gasteiger partial charge on any atom is -0.463 e. The first kappa shape index (κ1) is 26.1. The molecule has 2 N–H and O–H groups in total. The second kappa shape index (κ2) is 12.2. The summed E-state index contributed by atoms with van der Waals surface area (Å²) in [7, 11) is 0. The monoisotopic (exact) mass is 467 g/mol. The Morgan fingerprint density at radius 2 is 1.36 bits per heavy atom. The fourth-order valence-corrected chi connectivity index (χ4v) is 3.32. The lowest BCUT2D eigenvalue weighted by Gasteiger charge is -2.43. The molecule has 1 heterocycles. The summed E-state index contributed by atoms with van der Waals surface area (Å²) in [5, 5.41) is 0. The predicted molar refractivity (Wildman–Crippen MR) is 112 cm³/mol. The van der Waals surface area contributed by atoms with Gasteiger partial charge in [0.05, 0.1) is 0 Å². The number of nitrogens with two attached hydrogens (primary N) is 1. The first-order chi connectivity index (χ1) is 15.6. The molecule has 0 amide bonds. The molecule has 1 aliphatic rings. The second-order valence-corrected chi connectivity index (χ2v) is 7.37. The summed E-state index contributed by atoms with van der Waals surface area (Å²) < 4.78 is 32.9. The number of hydrogen-bond donors (Lipinski definition) is 1. The number of carbonyl (C=O) groups excluding carboxylic acids is 4. The molecule has 0 saturated carbocycles. The molecule has 0 aliphatic carbocycles. The maximum atomic E-state index is 11.8. The van der Waals surface area contributed by atoms with E-state index in [2.05, 4.69) is 0 Å². The van der Waals surface area contributed by atoms with Crippen molar-refractivity contribution in [1.82, 2.24) is 0 Å². The number of carbonyl (C=O) groups is 4. The summed E-state index contributed by atoms with van der Waals surface area (Å²) in [6.45, 7) is 4.83. The van der Waals surface area contributed by atoms with Crippen LogP contribution in [-0.4, -0.2) is 67.7 Å². The fraction of sp³-hybridized carbons (Fsp3) is 0.545. The van der Waals surface area contributed by atoms with Gasteiger partial charge in [0.15, 0.2) is 12.2 Å². The van der Waals surface area contributed by atoms with Crippen molar-refractivity contribution in [3.8, 4) is 5.75 Å². The molecule has 0 spiro atoms. The standard InChI is InChI=1S/C22H29NO10/c1-12(24)28-11-18-19(29-13(2)25)20(30-14(3)26)21(31-15(4)27)22(33-18)32-17-7-5-16(6-8-17)9-10-23/h5-8,18-22H,9-11,23H2,1-4H3/t18?,19-,20?,21?,22+/m1/s1. The Morgan fingerprint density at radius 3 is 1.88 bits per heavy atom. The van der Waals surface area contributed by atoms with Crippen molar-refractivity contribution in [2.24, 2.45) is 5.73 Å². The average molecular weight is 467 g/mol. The summed E-state index contributed by atoms with van der Waals surface area (Å²) in [6.07, 6.45) is -5.47. The fourth-order valence-electron chi connectivity index (χ4n) is 3.32. The molecule has 1 saturated heterocycles. The lowest BCUT2D eigenvalue weighted by atomic mass is 9.98. The van der Waals surface area contributed by atoms with Gasteiger partial charge in [0.25, 0.3) is 0 Å². The summed E-state index contributed by atoms with van der Waals surface area (Å²) >= 11 is 0. The van der Waals surface area contributed by atoms with Gasteiger partial charge >= 0.3 is 23.9 Å². The zero-order valence-corrected chi connectivity index (χ0v) is 19.0. The van der Waals surface area contributed by atoms with Crippen LogP contribution in [-0.2, 0) is 49.3 Å². The van der Waals surface area contributed by atoms with E-state index >= 15 is 0 Å². The molecular formula is C22H29NO10. The topological polar surface area (TPSA) is 150 Å². The first-order valence-corrected chi connectivity index (χ1v) is 10.4. The quantitative estimate of drug-likeness (QED) is 0.403. The number of ether oxygens (including phenoxy) is 6. The molecule has 11 nitrogen and oxygen atoms in total. The molecular weight excluding hydrogens is 438 g/mol. The van der Waals surface area contributed by atoms with Crippen molar-refractivity contribution in [3.63, 3.8) is 0 Å². The average Bonchev–Trinajstić information content (AvgIpc) is 2.71. The third kappa shape index (κ3) is 8.03. The minimum absolute atomic E-state index is 0.326. The predicted octanol–water partition coefficient (Wildman–Crippen LogP) is 0.650. The molecule has 33 heavy (non-hydrogen) atoms. The highest BCUT2D eigenvalue weighted by atomic mass is 16.7. The van der Waals surface area contributed by atoms with Gasteiger partial charge in [-0.1, -0.05) is 12.1 Å². The van der Waals surface area contributed by atoms with Gasteiger partial charge in [-0.3, -0.25) is 19.2 Å². The Kier molecular flexibility index (Phi) is 9.61. The molecule has 0 bridgehead atoms. The van der Waals surface area contributed by atoms with E-state index in [-0.39, 0.29) is 6.61 Å². The van der Waals surface area contributed by atoms with E-state index in [1.54, 1.807) is 12.1 Å². The number of rotatable bonds is 9. The molecule has 2 rings (SSSR count). The van der Waals surface area contributed by atoms with Gasteiger partial charge in [0.2, 0.25) is 12.4 Å². The number of hydrogen-bond acceptors (Lipinski definition) is 11. The maximum absolute atomic E-state index is 11.8. The SMILES string of the molecule is CC(=O)OCC1O[C@H](Oc2ccc(CCN)cc2)C(OC(C)=O)C(OC(C)=O)[C@@H]1OC(C)=O. The van der Waals surface area contributed by atoms with Crippen LogP contribution in [0.4, 0.5) is 0 Å². The summed E-state index contributed by atoms with van der Waals surface area (Å²) in [6, 6.07) is 6.99. The van der Waals surface area contributed by atoms with Crippen LogP contribution in [0.15, 0.2) is 24.3 Å². The largest absolute Gasteiger partial charge is 0.463 e. The molecule has 11 heteroatoms. The van der Waals surface area contributed by atoms with E-state index in [0.29, 0.717) is 18.7 Å². The maximum Gasteiger partial charge on any atom is 0.303 e. The Bertz CT molecular complexity index is 840. The van der Waals surface area contributed by atoms with Gasteiger partial charge in [-0.2, -0.15) is 0 Å². The van der Waals surface area contributed by atoms with Gasteiger partial charge in [-0.25, -0.2) is 0 Å². The van der Waals surface area contributed by atoms with Crippen LogP contribution in [0.2, 0.25) is 0 Å². The van der Waals surface area contributed by atoms with Gasteiger partial charge in [-0.05, 0) is 30.7 Å². The lowest BCUT2D eigenvalue weighted by Crippen LogP contribution is -2.63. The summed E-state index contributed by atoms with van der Waals surface area (Å²) in [5.41, 5.74) is 6.56. The molecule has 3 unspecified atom stereocenters. The van der Waals surface area contributed by atoms with E-state index in [1.807, 2.05) is 12.1 Å². The Morgan fingerprint density at radius 1 is 0.818 bits per heavy atom. The van der Waals surface area contributed by atoms with Crippen LogP contribution in [0.1, 0.15) is 33.3 Å². The molecule has 0 radical (unpaired) electrons. The Hall–Kier alpha value is -3.18. The van der Waals surface area contributed by atoms with Gasteiger partial charge < -0.3 is 34.2 Å². The van der Waals surface area contributed by atoms with Crippen molar-refractivity contribution in [3.05, 3.63) is 29.8 Å². The van der Waals surface area contributed by atoms with E-state index in [0.717, 1.165) is 26.3 Å². The van der Waals surface area contributed by atoms with Crippen LogP contribution in [0, 0.1) is 0 Å². The molecule has 1 aromatic carbocycles. The van der Waals surface area contributed by atoms with Crippen LogP contribution < -0.4 is 10.5 Å². The second-order valence-electron chi connectivity index (χ2n) is 7.37. The van der Waals surface area contributed by atoms with E-state index in [9.17, 15) is 19.2 Å².